The molecule has 0 amide bonds. The minimum Gasteiger partial charge on any atom is -0.508 e. The fourth-order valence-electron chi connectivity index (χ4n) is 6.24. The minimum atomic E-state index is -0.927. The summed E-state index contributed by atoms with van der Waals surface area (Å²) in [5.74, 6) is -0.0556. The molecule has 4 nitrogen and oxygen atoms in total. The van der Waals surface area contributed by atoms with Crippen molar-refractivity contribution in [1.82, 2.24) is 9.88 Å². The number of likely N-dealkylation sites (N-methyl/N-ethyl adjacent to an activating group) is 1. The minimum absolute atomic E-state index is 0. The highest BCUT2D eigenvalue weighted by Gasteiger charge is 2.64. The standard InChI is InChI=1S/C24H23FN2O2.ClH/c1-27-7-6-23-13-21-16(8-15-2-4-17(25)10-20(15)26-21)12-24(23,29)22(27)9-14-3-5-18(28)11-19(14)23;/h2-5,8,10-11,22,28-29H,6-7,9,12-13H2,1H3;1H/t22-,23-,24-;/m1./s1. The van der Waals surface area contributed by atoms with Gasteiger partial charge in [0.15, 0.2) is 0 Å². The molecule has 6 rings (SSSR count). The van der Waals surface area contributed by atoms with Crippen LogP contribution >= 0.6 is 12.4 Å². The quantitative estimate of drug-likeness (QED) is 0.577. The Balaban J connectivity index is 0.00000193. The number of hydrogen-bond donors (Lipinski definition) is 2. The van der Waals surface area contributed by atoms with E-state index < -0.39 is 11.0 Å². The van der Waals surface area contributed by atoms with Crippen LogP contribution in [-0.2, 0) is 24.7 Å². The first kappa shape index (κ1) is 19.7. The maximum absolute atomic E-state index is 13.8. The number of nitrogens with zero attached hydrogens (tertiary/aromatic N) is 2. The molecule has 2 heterocycles. The Morgan fingerprint density at radius 1 is 1.10 bits per heavy atom. The van der Waals surface area contributed by atoms with Gasteiger partial charge in [0.25, 0.3) is 0 Å². The molecule has 0 radical (unpaired) electrons. The lowest BCUT2D eigenvalue weighted by Gasteiger charge is -2.63. The van der Waals surface area contributed by atoms with Gasteiger partial charge < -0.3 is 15.1 Å². The number of fused-ring (bicyclic) bond motifs is 3. The number of benzene rings is 2. The molecule has 2 bridgehead atoms. The van der Waals surface area contributed by atoms with Crippen molar-refractivity contribution in [2.24, 2.45) is 0 Å². The van der Waals surface area contributed by atoms with E-state index in [1.54, 1.807) is 12.1 Å². The van der Waals surface area contributed by atoms with E-state index in [4.69, 9.17) is 4.98 Å². The average Bonchev–Trinajstić information content (AvgIpc) is 2.68. The first-order chi connectivity index (χ1) is 13.9. The van der Waals surface area contributed by atoms with E-state index in [9.17, 15) is 14.6 Å². The van der Waals surface area contributed by atoms with Gasteiger partial charge in [-0.2, -0.15) is 0 Å². The summed E-state index contributed by atoms with van der Waals surface area (Å²) >= 11 is 0. The fraction of sp³-hybridized carbons (Fsp3) is 0.375. The summed E-state index contributed by atoms with van der Waals surface area (Å²) in [6.45, 7) is 0.889. The second kappa shape index (κ2) is 6.39. The normalized spacial score (nSPS) is 29.5. The fourth-order valence-corrected chi connectivity index (χ4v) is 6.24. The van der Waals surface area contributed by atoms with Gasteiger partial charge in [0.05, 0.1) is 11.1 Å². The summed E-state index contributed by atoms with van der Waals surface area (Å²) < 4.78 is 13.8. The number of aliphatic hydroxyl groups is 1. The molecule has 1 aromatic heterocycles. The lowest BCUT2D eigenvalue weighted by molar-refractivity contribution is -0.145. The summed E-state index contributed by atoms with van der Waals surface area (Å²) in [4.78, 5) is 7.11. The number of aromatic nitrogens is 1. The number of piperidine rings is 1. The van der Waals surface area contributed by atoms with E-state index in [0.717, 1.165) is 41.6 Å². The molecule has 2 N–H and O–H groups in total. The average molecular weight is 427 g/mol. The maximum atomic E-state index is 13.8. The van der Waals surface area contributed by atoms with Gasteiger partial charge in [0.1, 0.15) is 11.6 Å². The zero-order chi connectivity index (χ0) is 20.0. The Bertz CT molecular complexity index is 1190. The molecule has 1 aliphatic heterocycles. The number of phenols is 1. The van der Waals surface area contributed by atoms with Crippen LogP contribution in [0.15, 0.2) is 42.5 Å². The topological polar surface area (TPSA) is 56.6 Å². The summed E-state index contributed by atoms with van der Waals surface area (Å²) in [7, 11) is 2.09. The molecule has 1 saturated heterocycles. The van der Waals surface area contributed by atoms with Crippen molar-refractivity contribution in [2.45, 2.75) is 42.7 Å². The molecular formula is C24H24ClFN2O2. The molecule has 3 atom stereocenters. The molecule has 156 valence electrons. The van der Waals surface area contributed by atoms with E-state index in [-0.39, 0.29) is 30.0 Å². The predicted octanol–water partition coefficient (Wildman–Crippen LogP) is 3.53. The highest BCUT2D eigenvalue weighted by atomic mass is 35.5. The van der Waals surface area contributed by atoms with Gasteiger partial charge >= 0.3 is 0 Å². The number of hydrogen-bond acceptors (Lipinski definition) is 4. The van der Waals surface area contributed by atoms with Gasteiger partial charge in [-0.1, -0.05) is 6.07 Å². The van der Waals surface area contributed by atoms with Crippen molar-refractivity contribution in [3.63, 3.8) is 0 Å². The van der Waals surface area contributed by atoms with Crippen molar-refractivity contribution >= 4 is 23.3 Å². The number of halogens is 2. The summed E-state index contributed by atoms with van der Waals surface area (Å²) in [5, 5.41) is 23.3. The molecule has 6 heteroatoms. The third-order valence-corrected chi connectivity index (χ3v) is 7.70. The Labute approximate surface area is 180 Å². The van der Waals surface area contributed by atoms with Crippen molar-refractivity contribution in [2.75, 3.05) is 13.6 Å². The van der Waals surface area contributed by atoms with E-state index in [2.05, 4.69) is 18.0 Å². The molecule has 0 saturated carbocycles. The van der Waals surface area contributed by atoms with Crippen LogP contribution in [0.1, 0.15) is 28.8 Å². The smallest absolute Gasteiger partial charge is 0.125 e. The van der Waals surface area contributed by atoms with Crippen LogP contribution < -0.4 is 0 Å². The Morgan fingerprint density at radius 3 is 2.77 bits per heavy atom. The van der Waals surface area contributed by atoms with Crippen LogP contribution in [-0.4, -0.2) is 45.3 Å². The van der Waals surface area contributed by atoms with Crippen molar-refractivity contribution in [1.29, 1.82) is 0 Å². The second-order valence-electron chi connectivity index (χ2n) is 9.08. The largest absolute Gasteiger partial charge is 0.508 e. The molecule has 0 spiro atoms. The number of likely N-dealkylation sites (tertiary alicyclic amines) is 1. The van der Waals surface area contributed by atoms with Crippen molar-refractivity contribution < 1.29 is 14.6 Å². The molecule has 0 unspecified atom stereocenters. The molecule has 3 aliphatic rings. The van der Waals surface area contributed by atoms with Gasteiger partial charge in [0.2, 0.25) is 0 Å². The van der Waals surface area contributed by atoms with Crippen molar-refractivity contribution in [3.05, 3.63) is 70.7 Å². The van der Waals surface area contributed by atoms with Crippen LogP contribution in [0.5, 0.6) is 5.75 Å². The molecule has 2 aromatic carbocycles. The number of aromatic hydroxyl groups is 1. The van der Waals surface area contributed by atoms with Gasteiger partial charge in [-0.25, -0.2) is 4.39 Å². The second-order valence-corrected chi connectivity index (χ2v) is 9.08. The predicted molar refractivity (Wildman–Crippen MR) is 116 cm³/mol. The molecule has 1 fully saturated rings. The van der Waals surface area contributed by atoms with E-state index >= 15 is 0 Å². The van der Waals surface area contributed by atoms with Gasteiger partial charge in [0, 0.05) is 41.4 Å². The first-order valence-corrected chi connectivity index (χ1v) is 10.2. The molecule has 2 aliphatic carbocycles. The van der Waals surface area contributed by atoms with E-state index in [1.165, 1.54) is 17.7 Å². The SMILES string of the molecule is CN1CC[C@]23Cc4nc5cc(F)ccc5cc4C[C@@]2(O)[C@H]1Cc1ccc(O)cc13.Cl. The third kappa shape index (κ3) is 2.43. The van der Waals surface area contributed by atoms with Gasteiger partial charge in [-0.15, -0.1) is 12.4 Å². The van der Waals surface area contributed by atoms with Crippen LogP contribution in [0.3, 0.4) is 0 Å². The zero-order valence-corrected chi connectivity index (χ0v) is 17.5. The Kier molecular flexibility index (Phi) is 4.21. The van der Waals surface area contributed by atoms with Crippen LogP contribution in [0, 0.1) is 5.82 Å². The highest BCUT2D eigenvalue weighted by molar-refractivity contribution is 5.85. The van der Waals surface area contributed by atoms with Gasteiger partial charge in [-0.05, 0) is 73.5 Å². The Morgan fingerprint density at radius 2 is 1.93 bits per heavy atom. The van der Waals surface area contributed by atoms with Crippen LogP contribution in [0.2, 0.25) is 0 Å². The monoisotopic (exact) mass is 426 g/mol. The highest BCUT2D eigenvalue weighted by Crippen LogP contribution is 2.57. The number of rotatable bonds is 0. The van der Waals surface area contributed by atoms with E-state index in [0.29, 0.717) is 18.4 Å². The summed E-state index contributed by atoms with van der Waals surface area (Å²) in [5.41, 5.74) is 3.47. The van der Waals surface area contributed by atoms with Crippen LogP contribution in [0.4, 0.5) is 4.39 Å². The van der Waals surface area contributed by atoms with Crippen molar-refractivity contribution in [3.8, 4) is 5.75 Å². The summed E-state index contributed by atoms with van der Waals surface area (Å²) in [6, 6.07) is 12.4. The van der Waals surface area contributed by atoms with Gasteiger partial charge in [-0.3, -0.25) is 4.98 Å². The Hall–Kier alpha value is -2.21. The molecular weight excluding hydrogens is 403 g/mol. The third-order valence-electron chi connectivity index (χ3n) is 7.70. The molecule has 3 aromatic rings. The molecule has 30 heavy (non-hydrogen) atoms. The zero-order valence-electron chi connectivity index (χ0n) is 16.7. The lowest BCUT2D eigenvalue weighted by Crippen LogP contribution is -2.73. The van der Waals surface area contributed by atoms with E-state index in [1.807, 2.05) is 12.1 Å². The first-order valence-electron chi connectivity index (χ1n) is 10.2. The lowest BCUT2D eigenvalue weighted by atomic mass is 9.49. The van der Waals surface area contributed by atoms with Crippen LogP contribution in [0.25, 0.3) is 10.9 Å². The number of phenolic OH excluding ortho intramolecular Hbond substituents is 1. The summed E-state index contributed by atoms with van der Waals surface area (Å²) in [6.07, 6.45) is 2.69. The maximum Gasteiger partial charge on any atom is 0.125 e. The number of pyridine rings is 1.